The van der Waals surface area contributed by atoms with Gasteiger partial charge in [0.05, 0.1) is 0 Å². The number of nitrogens with zero attached hydrogens (tertiary/aromatic N) is 1. The van der Waals surface area contributed by atoms with Gasteiger partial charge in [-0.3, -0.25) is 0 Å². The average Bonchev–Trinajstić information content (AvgIpc) is 2.32. The maximum atomic E-state index is 6.11. The Morgan fingerprint density at radius 2 is 1.71 bits per heavy atom. The van der Waals surface area contributed by atoms with Crippen molar-refractivity contribution >= 4 is 0 Å². The second kappa shape index (κ2) is 4.69. The highest BCUT2D eigenvalue weighted by molar-refractivity contribution is 5.21. The summed E-state index contributed by atoms with van der Waals surface area (Å²) in [5, 5.41) is 0. The van der Waals surface area contributed by atoms with Crippen LogP contribution in [-0.2, 0) is 0 Å². The van der Waals surface area contributed by atoms with Crippen LogP contribution in [0.5, 0.6) is 5.75 Å². The first-order valence-electron chi connectivity index (χ1n) is 6.76. The predicted octanol–water partition coefficient (Wildman–Crippen LogP) is 3.08. The topological polar surface area (TPSA) is 12.5 Å². The number of piperidine rings is 2. The van der Waals surface area contributed by atoms with E-state index < -0.39 is 0 Å². The number of fused-ring (bicyclic) bond motifs is 2. The zero-order chi connectivity index (χ0) is 11.7. The third kappa shape index (κ3) is 2.32. The predicted molar refractivity (Wildman–Crippen MR) is 69.3 cm³/mol. The number of ether oxygens (including phenoxy) is 1. The van der Waals surface area contributed by atoms with Gasteiger partial charge in [-0.2, -0.15) is 0 Å². The molecule has 1 aromatic rings. The van der Waals surface area contributed by atoms with Crippen molar-refractivity contribution in [3.63, 3.8) is 0 Å². The largest absolute Gasteiger partial charge is 0.490 e. The van der Waals surface area contributed by atoms with Crippen molar-refractivity contribution in [3.05, 3.63) is 30.3 Å². The van der Waals surface area contributed by atoms with Gasteiger partial charge < -0.3 is 9.64 Å². The first-order chi connectivity index (χ1) is 8.33. The van der Waals surface area contributed by atoms with Gasteiger partial charge >= 0.3 is 0 Å². The Hall–Kier alpha value is -1.02. The van der Waals surface area contributed by atoms with Gasteiger partial charge in [0.2, 0.25) is 0 Å². The molecule has 3 atom stereocenters. The molecule has 2 heterocycles. The molecular formula is C15H21NO. The number of para-hydroxylation sites is 1. The number of rotatable bonds is 2. The summed E-state index contributed by atoms with van der Waals surface area (Å²) >= 11 is 0. The van der Waals surface area contributed by atoms with Gasteiger partial charge in [-0.1, -0.05) is 24.6 Å². The van der Waals surface area contributed by atoms with Crippen LogP contribution >= 0.6 is 0 Å². The summed E-state index contributed by atoms with van der Waals surface area (Å²) in [6.45, 7) is 0. The van der Waals surface area contributed by atoms with Gasteiger partial charge in [0.15, 0.2) is 0 Å². The number of benzene rings is 1. The van der Waals surface area contributed by atoms with E-state index in [0.717, 1.165) is 17.8 Å². The van der Waals surface area contributed by atoms with Gasteiger partial charge in [-0.25, -0.2) is 0 Å². The molecule has 0 aliphatic carbocycles. The van der Waals surface area contributed by atoms with E-state index in [4.69, 9.17) is 4.74 Å². The highest BCUT2D eigenvalue weighted by Crippen LogP contribution is 2.34. The van der Waals surface area contributed by atoms with Crippen molar-refractivity contribution in [1.29, 1.82) is 0 Å². The minimum atomic E-state index is 0.420. The summed E-state index contributed by atoms with van der Waals surface area (Å²) in [5.41, 5.74) is 0. The molecule has 0 spiro atoms. The normalized spacial score (nSPS) is 33.4. The van der Waals surface area contributed by atoms with E-state index in [-0.39, 0.29) is 0 Å². The second-order valence-corrected chi connectivity index (χ2v) is 5.43. The molecule has 0 saturated carbocycles. The highest BCUT2D eigenvalue weighted by Gasteiger charge is 2.36. The summed E-state index contributed by atoms with van der Waals surface area (Å²) in [6, 6.07) is 11.8. The molecule has 2 aliphatic heterocycles. The molecule has 3 rings (SSSR count). The molecule has 2 nitrogen and oxygen atoms in total. The van der Waals surface area contributed by atoms with Crippen molar-refractivity contribution in [2.45, 2.75) is 50.3 Å². The van der Waals surface area contributed by atoms with Crippen LogP contribution in [0.3, 0.4) is 0 Å². The maximum Gasteiger partial charge on any atom is 0.119 e. The molecule has 2 saturated heterocycles. The van der Waals surface area contributed by atoms with E-state index >= 15 is 0 Å². The van der Waals surface area contributed by atoms with Crippen molar-refractivity contribution in [2.75, 3.05) is 7.05 Å². The molecule has 2 bridgehead atoms. The van der Waals surface area contributed by atoms with Gasteiger partial charge in [-0.15, -0.1) is 0 Å². The van der Waals surface area contributed by atoms with Crippen LogP contribution in [0.15, 0.2) is 30.3 Å². The third-order valence-electron chi connectivity index (χ3n) is 4.34. The first kappa shape index (κ1) is 11.1. The highest BCUT2D eigenvalue weighted by atomic mass is 16.5. The zero-order valence-electron chi connectivity index (χ0n) is 10.5. The van der Waals surface area contributed by atoms with E-state index in [9.17, 15) is 0 Å². The molecule has 1 aromatic carbocycles. The van der Waals surface area contributed by atoms with Crippen LogP contribution in [0.4, 0.5) is 0 Å². The average molecular weight is 231 g/mol. The Morgan fingerprint density at radius 3 is 2.35 bits per heavy atom. The van der Waals surface area contributed by atoms with E-state index in [0.29, 0.717) is 6.10 Å². The SMILES string of the molecule is CN1[C@@H]2CCC[C@H]1C[C@H](Oc1ccccc1)C2. The van der Waals surface area contributed by atoms with E-state index in [1.54, 1.807) is 0 Å². The fourth-order valence-corrected chi connectivity index (χ4v) is 3.35. The fraction of sp³-hybridized carbons (Fsp3) is 0.600. The smallest absolute Gasteiger partial charge is 0.119 e. The summed E-state index contributed by atoms with van der Waals surface area (Å²) in [4.78, 5) is 2.58. The van der Waals surface area contributed by atoms with E-state index in [1.807, 2.05) is 18.2 Å². The lowest BCUT2D eigenvalue weighted by molar-refractivity contribution is 0.000142. The van der Waals surface area contributed by atoms with Crippen LogP contribution < -0.4 is 4.74 Å². The first-order valence-corrected chi connectivity index (χ1v) is 6.76. The van der Waals surface area contributed by atoms with Crippen LogP contribution in [-0.4, -0.2) is 30.1 Å². The molecule has 0 N–H and O–H groups in total. The minimum absolute atomic E-state index is 0.420. The summed E-state index contributed by atoms with van der Waals surface area (Å²) in [6.07, 6.45) is 6.91. The quantitative estimate of drug-likeness (QED) is 0.775. The van der Waals surface area contributed by atoms with E-state index in [2.05, 4.69) is 24.1 Å². The van der Waals surface area contributed by atoms with Crippen molar-refractivity contribution < 1.29 is 4.74 Å². The van der Waals surface area contributed by atoms with Crippen molar-refractivity contribution in [2.24, 2.45) is 0 Å². The fourth-order valence-electron chi connectivity index (χ4n) is 3.35. The van der Waals surface area contributed by atoms with Gasteiger partial charge in [0, 0.05) is 12.1 Å². The Bertz CT molecular complexity index is 350. The lowest BCUT2D eigenvalue weighted by Crippen LogP contribution is -2.52. The maximum absolute atomic E-state index is 6.11. The molecule has 0 aromatic heterocycles. The number of hydrogen-bond acceptors (Lipinski definition) is 2. The molecule has 0 unspecified atom stereocenters. The Kier molecular flexibility index (Phi) is 3.06. The van der Waals surface area contributed by atoms with E-state index in [1.165, 1.54) is 32.1 Å². The summed E-state index contributed by atoms with van der Waals surface area (Å²) < 4.78 is 6.11. The minimum Gasteiger partial charge on any atom is -0.490 e. The molecule has 2 fully saturated rings. The Morgan fingerprint density at radius 1 is 1.06 bits per heavy atom. The molecule has 0 amide bonds. The second-order valence-electron chi connectivity index (χ2n) is 5.43. The standard InChI is InChI=1S/C15H21NO/c1-16-12-6-5-7-13(16)11-15(10-12)17-14-8-3-2-4-9-14/h2-4,8-9,12-13,15H,5-7,10-11H2,1H3/t12-,13+,15-. The zero-order valence-corrected chi connectivity index (χ0v) is 10.5. The summed E-state index contributed by atoms with van der Waals surface area (Å²) in [7, 11) is 2.28. The van der Waals surface area contributed by atoms with Crippen LogP contribution in [0.2, 0.25) is 0 Å². The molecule has 2 aliphatic rings. The Balaban J connectivity index is 1.66. The summed E-state index contributed by atoms with van der Waals surface area (Å²) in [5.74, 6) is 1.03. The lowest BCUT2D eigenvalue weighted by atomic mass is 9.83. The van der Waals surface area contributed by atoms with Gasteiger partial charge in [-0.05, 0) is 44.9 Å². The van der Waals surface area contributed by atoms with Crippen LogP contribution in [0.1, 0.15) is 32.1 Å². The van der Waals surface area contributed by atoms with Crippen molar-refractivity contribution in [1.82, 2.24) is 4.90 Å². The molecule has 92 valence electrons. The molecule has 0 radical (unpaired) electrons. The lowest BCUT2D eigenvalue weighted by Gasteiger charge is -2.46. The van der Waals surface area contributed by atoms with Crippen LogP contribution in [0, 0.1) is 0 Å². The van der Waals surface area contributed by atoms with Crippen molar-refractivity contribution in [3.8, 4) is 5.75 Å². The van der Waals surface area contributed by atoms with Gasteiger partial charge in [0.1, 0.15) is 11.9 Å². The molecule has 17 heavy (non-hydrogen) atoms. The molecule has 2 heteroatoms. The van der Waals surface area contributed by atoms with Crippen LogP contribution in [0.25, 0.3) is 0 Å². The Labute approximate surface area is 104 Å². The third-order valence-corrected chi connectivity index (χ3v) is 4.34. The monoisotopic (exact) mass is 231 g/mol. The molecular weight excluding hydrogens is 210 g/mol. The van der Waals surface area contributed by atoms with Gasteiger partial charge in [0.25, 0.3) is 0 Å². The number of hydrogen-bond donors (Lipinski definition) is 0.